The molecule has 0 aliphatic heterocycles. The van der Waals surface area contributed by atoms with Crippen LogP contribution in [0.4, 0.5) is 5.69 Å². The Morgan fingerprint density at radius 1 is 1.29 bits per heavy atom. The molecule has 0 saturated heterocycles. The van der Waals surface area contributed by atoms with E-state index in [-0.39, 0.29) is 12.6 Å². The highest BCUT2D eigenvalue weighted by Crippen LogP contribution is 2.28. The summed E-state index contributed by atoms with van der Waals surface area (Å²) in [4.78, 5) is 0.301. The smallest absolute Gasteiger partial charge is 0.244 e. The van der Waals surface area contributed by atoms with Gasteiger partial charge in [0.15, 0.2) is 0 Å². The first-order valence-corrected chi connectivity index (χ1v) is 8.23. The molecule has 0 aliphatic carbocycles. The summed E-state index contributed by atoms with van der Waals surface area (Å²) in [5, 5.41) is 1.50. The highest BCUT2D eigenvalue weighted by atomic mass is 32.2. The van der Waals surface area contributed by atoms with Crippen LogP contribution in [0, 0.1) is 0 Å². The van der Waals surface area contributed by atoms with Gasteiger partial charge in [-0.25, -0.2) is 8.42 Å². The number of nitrogens with two attached hydrogens (primary N) is 1. The molecule has 0 spiro atoms. The van der Waals surface area contributed by atoms with E-state index >= 15 is 0 Å². The Balaban J connectivity index is 2.67. The van der Waals surface area contributed by atoms with E-state index in [0.717, 1.165) is 5.39 Å². The zero-order chi connectivity index (χ0) is 15.6. The van der Waals surface area contributed by atoms with Crippen molar-refractivity contribution >= 4 is 26.5 Å². The summed E-state index contributed by atoms with van der Waals surface area (Å²) in [6, 6.07) is 10.3. The van der Waals surface area contributed by atoms with Crippen molar-refractivity contribution < 1.29 is 8.42 Å². The van der Waals surface area contributed by atoms with E-state index in [1.165, 1.54) is 4.31 Å². The Labute approximate surface area is 125 Å². The van der Waals surface area contributed by atoms with Gasteiger partial charge in [-0.1, -0.05) is 24.3 Å². The summed E-state index contributed by atoms with van der Waals surface area (Å²) in [7, 11) is -3.58. The van der Waals surface area contributed by atoms with Crippen LogP contribution in [0.15, 0.2) is 53.9 Å². The molecule has 0 bridgehead atoms. The van der Waals surface area contributed by atoms with Crippen LogP contribution >= 0.6 is 0 Å². The van der Waals surface area contributed by atoms with Crippen LogP contribution in [0.5, 0.6) is 0 Å². The van der Waals surface area contributed by atoms with Crippen molar-refractivity contribution in [2.24, 2.45) is 0 Å². The number of nitrogens with zero attached hydrogens (tertiary/aromatic N) is 1. The molecular weight excluding hydrogens is 284 g/mol. The molecule has 112 valence electrons. The molecule has 0 radical (unpaired) electrons. The van der Waals surface area contributed by atoms with E-state index in [4.69, 9.17) is 5.73 Å². The predicted octanol–water partition coefficient (Wildman–Crippen LogP) is 3.01. The summed E-state index contributed by atoms with van der Waals surface area (Å²) in [5.41, 5.74) is 6.38. The molecule has 0 saturated carbocycles. The van der Waals surface area contributed by atoms with Crippen molar-refractivity contribution in [3.63, 3.8) is 0 Å². The maximum atomic E-state index is 12.9. The lowest BCUT2D eigenvalue weighted by atomic mass is 10.1. The Kier molecular flexibility index (Phi) is 4.34. The number of rotatable bonds is 5. The number of nitrogen functional groups attached to an aromatic ring is 1. The van der Waals surface area contributed by atoms with Crippen molar-refractivity contribution in [1.82, 2.24) is 4.31 Å². The second-order valence-corrected chi connectivity index (χ2v) is 7.05. The molecule has 2 aromatic carbocycles. The zero-order valence-corrected chi connectivity index (χ0v) is 13.1. The fourth-order valence-corrected chi connectivity index (χ4v) is 4.16. The van der Waals surface area contributed by atoms with Crippen LogP contribution in [0.1, 0.15) is 13.8 Å². The predicted molar refractivity (Wildman–Crippen MR) is 87.6 cm³/mol. The van der Waals surface area contributed by atoms with Gasteiger partial charge in [-0.3, -0.25) is 0 Å². The van der Waals surface area contributed by atoms with Gasteiger partial charge in [0.1, 0.15) is 0 Å². The maximum Gasteiger partial charge on any atom is 0.244 e. The van der Waals surface area contributed by atoms with E-state index < -0.39 is 10.0 Å². The summed E-state index contributed by atoms with van der Waals surface area (Å²) in [6.45, 7) is 7.63. The lowest BCUT2D eigenvalue weighted by Gasteiger charge is -2.25. The van der Waals surface area contributed by atoms with Gasteiger partial charge < -0.3 is 5.73 Å². The first kappa shape index (κ1) is 15.5. The molecule has 0 unspecified atom stereocenters. The molecular formula is C16H20N2O2S. The third kappa shape index (κ3) is 2.94. The van der Waals surface area contributed by atoms with Gasteiger partial charge in [-0.2, -0.15) is 4.31 Å². The molecule has 0 fully saturated rings. The summed E-state index contributed by atoms with van der Waals surface area (Å²) >= 11 is 0. The van der Waals surface area contributed by atoms with Gasteiger partial charge >= 0.3 is 0 Å². The van der Waals surface area contributed by atoms with Gasteiger partial charge in [0.25, 0.3) is 0 Å². The first-order chi connectivity index (χ1) is 9.87. The number of sulfonamides is 1. The Bertz CT molecular complexity index is 767. The standard InChI is InChI=1S/C16H20N2O2S/c1-4-10-18(12(2)3)21(19,20)16-7-5-6-13-11-14(17)8-9-15(13)16/h4-9,11-12H,1,10,17H2,2-3H3. The average molecular weight is 304 g/mol. The molecule has 2 N–H and O–H groups in total. The Hall–Kier alpha value is -1.85. The van der Waals surface area contributed by atoms with E-state index in [1.54, 1.807) is 36.4 Å². The molecule has 0 atom stereocenters. The molecule has 0 amide bonds. The van der Waals surface area contributed by atoms with Gasteiger partial charge in [0.2, 0.25) is 10.0 Å². The quantitative estimate of drug-likeness (QED) is 0.682. The van der Waals surface area contributed by atoms with Crippen LogP contribution in [-0.2, 0) is 10.0 Å². The number of hydrogen-bond acceptors (Lipinski definition) is 3. The lowest BCUT2D eigenvalue weighted by Crippen LogP contribution is -2.37. The van der Waals surface area contributed by atoms with Gasteiger partial charge in [-0.15, -0.1) is 6.58 Å². The largest absolute Gasteiger partial charge is 0.399 e. The third-order valence-corrected chi connectivity index (χ3v) is 5.44. The molecule has 2 aromatic rings. The topological polar surface area (TPSA) is 63.4 Å². The normalized spacial score (nSPS) is 12.2. The Morgan fingerprint density at radius 3 is 2.62 bits per heavy atom. The molecule has 21 heavy (non-hydrogen) atoms. The Morgan fingerprint density at radius 2 is 2.00 bits per heavy atom. The van der Waals surface area contributed by atoms with Crippen molar-refractivity contribution in [3.05, 3.63) is 49.1 Å². The van der Waals surface area contributed by atoms with E-state index in [2.05, 4.69) is 6.58 Å². The van der Waals surface area contributed by atoms with Gasteiger partial charge in [0, 0.05) is 23.7 Å². The van der Waals surface area contributed by atoms with E-state index in [9.17, 15) is 8.42 Å². The van der Waals surface area contributed by atoms with Crippen LogP contribution in [0.3, 0.4) is 0 Å². The second-order valence-electron chi connectivity index (χ2n) is 5.19. The minimum Gasteiger partial charge on any atom is -0.399 e. The van der Waals surface area contributed by atoms with Crippen LogP contribution in [0.2, 0.25) is 0 Å². The summed E-state index contributed by atoms with van der Waals surface area (Å²) < 4.78 is 27.3. The van der Waals surface area contributed by atoms with Crippen molar-refractivity contribution in [3.8, 4) is 0 Å². The average Bonchev–Trinajstić information content (AvgIpc) is 2.43. The monoisotopic (exact) mass is 304 g/mol. The van der Waals surface area contributed by atoms with Crippen LogP contribution in [-0.4, -0.2) is 25.3 Å². The van der Waals surface area contributed by atoms with Crippen LogP contribution < -0.4 is 5.73 Å². The van der Waals surface area contributed by atoms with Gasteiger partial charge in [0.05, 0.1) is 4.90 Å². The number of hydrogen-bond donors (Lipinski definition) is 1. The lowest BCUT2D eigenvalue weighted by molar-refractivity contribution is 0.383. The zero-order valence-electron chi connectivity index (χ0n) is 12.3. The number of anilines is 1. The fourth-order valence-electron chi connectivity index (χ4n) is 2.34. The summed E-state index contributed by atoms with van der Waals surface area (Å²) in [5.74, 6) is 0. The second kappa shape index (κ2) is 5.87. The summed E-state index contributed by atoms with van der Waals surface area (Å²) in [6.07, 6.45) is 1.60. The van der Waals surface area contributed by atoms with Crippen LogP contribution in [0.25, 0.3) is 10.8 Å². The first-order valence-electron chi connectivity index (χ1n) is 6.79. The highest BCUT2D eigenvalue weighted by molar-refractivity contribution is 7.89. The third-order valence-electron chi connectivity index (χ3n) is 3.34. The maximum absolute atomic E-state index is 12.9. The minimum atomic E-state index is -3.58. The number of benzene rings is 2. The van der Waals surface area contributed by atoms with E-state index in [1.807, 2.05) is 19.9 Å². The van der Waals surface area contributed by atoms with Crippen molar-refractivity contribution in [1.29, 1.82) is 0 Å². The molecule has 2 rings (SSSR count). The number of fused-ring (bicyclic) bond motifs is 1. The van der Waals surface area contributed by atoms with Crippen molar-refractivity contribution in [2.75, 3.05) is 12.3 Å². The molecule has 5 heteroatoms. The minimum absolute atomic E-state index is 0.142. The molecule has 0 aliphatic rings. The molecule has 0 heterocycles. The van der Waals surface area contributed by atoms with Crippen molar-refractivity contribution in [2.45, 2.75) is 24.8 Å². The SMILES string of the molecule is C=CCN(C(C)C)S(=O)(=O)c1cccc2cc(N)ccc12. The van der Waals surface area contributed by atoms with E-state index in [0.29, 0.717) is 16.0 Å². The highest BCUT2D eigenvalue weighted by Gasteiger charge is 2.27. The molecule has 0 aromatic heterocycles. The fraction of sp³-hybridized carbons (Fsp3) is 0.250. The molecule has 4 nitrogen and oxygen atoms in total. The van der Waals surface area contributed by atoms with Gasteiger partial charge in [-0.05, 0) is 37.4 Å².